The molecule has 2 heterocycles. The summed E-state index contributed by atoms with van der Waals surface area (Å²) in [5.74, 6) is 2.58. The number of para-hydroxylation sites is 1. The Labute approximate surface area is 135 Å². The molecule has 1 N–H and O–H groups in total. The van der Waals surface area contributed by atoms with E-state index in [1.54, 1.807) is 0 Å². The second-order valence-electron chi connectivity index (χ2n) is 5.65. The number of nitrogens with zero attached hydrogens (tertiary/aromatic N) is 1. The molecule has 5 nitrogen and oxygen atoms in total. The van der Waals surface area contributed by atoms with Crippen LogP contribution < -0.4 is 24.4 Å². The van der Waals surface area contributed by atoms with Gasteiger partial charge in [-0.15, -0.1) is 0 Å². The molecule has 0 amide bonds. The van der Waals surface area contributed by atoms with Crippen molar-refractivity contribution in [2.75, 3.05) is 43.3 Å². The molecule has 120 valence electrons. The Morgan fingerprint density at radius 1 is 1.09 bits per heavy atom. The summed E-state index contributed by atoms with van der Waals surface area (Å²) < 4.78 is 16.7. The molecular formula is C18H20N2O3. The highest BCUT2D eigenvalue weighted by Gasteiger charge is 2.22. The molecule has 0 bridgehead atoms. The number of ether oxygens (including phenoxy) is 3. The SMILES string of the molecule is c1ccc(OCCCN2CCNc3cc4c(cc32)OCO4)cc1. The molecule has 0 atom stereocenters. The van der Waals surface area contributed by atoms with Crippen LogP contribution in [0.1, 0.15) is 6.42 Å². The molecule has 0 aromatic heterocycles. The maximum atomic E-state index is 5.77. The molecule has 0 aliphatic carbocycles. The molecule has 4 rings (SSSR count). The van der Waals surface area contributed by atoms with Gasteiger partial charge < -0.3 is 24.4 Å². The second kappa shape index (κ2) is 6.28. The van der Waals surface area contributed by atoms with Crippen molar-refractivity contribution in [1.82, 2.24) is 0 Å². The van der Waals surface area contributed by atoms with Crippen molar-refractivity contribution in [3.63, 3.8) is 0 Å². The van der Waals surface area contributed by atoms with E-state index in [0.29, 0.717) is 13.4 Å². The van der Waals surface area contributed by atoms with Crippen molar-refractivity contribution in [2.24, 2.45) is 0 Å². The third-order valence-electron chi connectivity index (χ3n) is 4.11. The van der Waals surface area contributed by atoms with Crippen molar-refractivity contribution in [1.29, 1.82) is 0 Å². The van der Waals surface area contributed by atoms with Gasteiger partial charge >= 0.3 is 0 Å². The summed E-state index contributed by atoms with van der Waals surface area (Å²) in [7, 11) is 0. The van der Waals surface area contributed by atoms with E-state index in [9.17, 15) is 0 Å². The molecule has 2 aromatic rings. The number of nitrogens with one attached hydrogen (secondary N) is 1. The average molecular weight is 312 g/mol. The fourth-order valence-corrected chi connectivity index (χ4v) is 2.97. The molecule has 5 heteroatoms. The Morgan fingerprint density at radius 2 is 1.91 bits per heavy atom. The molecule has 0 radical (unpaired) electrons. The van der Waals surface area contributed by atoms with Crippen LogP contribution in [-0.2, 0) is 0 Å². The maximum Gasteiger partial charge on any atom is 0.231 e. The number of rotatable bonds is 5. The predicted molar refractivity (Wildman–Crippen MR) is 89.8 cm³/mol. The first-order chi connectivity index (χ1) is 11.4. The van der Waals surface area contributed by atoms with E-state index < -0.39 is 0 Å². The van der Waals surface area contributed by atoms with Gasteiger partial charge in [0.05, 0.1) is 18.0 Å². The third kappa shape index (κ3) is 2.99. The van der Waals surface area contributed by atoms with Crippen LogP contribution in [0.15, 0.2) is 42.5 Å². The third-order valence-corrected chi connectivity index (χ3v) is 4.11. The van der Waals surface area contributed by atoms with Gasteiger partial charge in [0, 0.05) is 31.8 Å². The van der Waals surface area contributed by atoms with E-state index in [1.807, 2.05) is 36.4 Å². The van der Waals surface area contributed by atoms with Crippen LogP contribution in [-0.4, -0.2) is 33.0 Å². The summed E-state index contributed by atoms with van der Waals surface area (Å²) in [6.07, 6.45) is 0.975. The first-order valence-corrected chi connectivity index (χ1v) is 8.00. The highest BCUT2D eigenvalue weighted by Crippen LogP contribution is 2.42. The van der Waals surface area contributed by atoms with Crippen molar-refractivity contribution >= 4 is 11.4 Å². The van der Waals surface area contributed by atoms with Gasteiger partial charge in [0.15, 0.2) is 11.5 Å². The van der Waals surface area contributed by atoms with Crippen molar-refractivity contribution in [2.45, 2.75) is 6.42 Å². The molecule has 2 aliphatic heterocycles. The number of anilines is 2. The molecule has 0 unspecified atom stereocenters. The summed E-state index contributed by atoms with van der Waals surface area (Å²) in [6, 6.07) is 14.1. The number of hydrogen-bond acceptors (Lipinski definition) is 5. The molecular weight excluding hydrogens is 292 g/mol. The topological polar surface area (TPSA) is 43.0 Å². The quantitative estimate of drug-likeness (QED) is 0.859. The van der Waals surface area contributed by atoms with Gasteiger partial charge in [-0.1, -0.05) is 18.2 Å². The van der Waals surface area contributed by atoms with Crippen LogP contribution in [0.25, 0.3) is 0 Å². The van der Waals surface area contributed by atoms with Crippen LogP contribution in [0.4, 0.5) is 11.4 Å². The largest absolute Gasteiger partial charge is 0.494 e. The Kier molecular flexibility index (Phi) is 3.84. The summed E-state index contributed by atoms with van der Waals surface area (Å²) in [5, 5.41) is 3.43. The minimum Gasteiger partial charge on any atom is -0.494 e. The van der Waals surface area contributed by atoms with E-state index in [1.165, 1.54) is 5.69 Å². The molecule has 0 fully saturated rings. The standard InChI is InChI=1S/C18H20N2O3/c1-2-5-14(6-3-1)21-10-4-8-20-9-7-19-15-11-17-18(12-16(15)20)23-13-22-17/h1-3,5-6,11-12,19H,4,7-10,13H2. The van der Waals surface area contributed by atoms with E-state index in [-0.39, 0.29) is 0 Å². The summed E-state index contributed by atoms with van der Waals surface area (Å²) in [6.45, 7) is 3.91. The Morgan fingerprint density at radius 3 is 2.78 bits per heavy atom. The first kappa shape index (κ1) is 14.1. The Hall–Kier alpha value is -2.56. The molecule has 0 saturated carbocycles. The highest BCUT2D eigenvalue weighted by atomic mass is 16.7. The monoisotopic (exact) mass is 312 g/mol. The lowest BCUT2D eigenvalue weighted by molar-refractivity contribution is 0.174. The predicted octanol–water partition coefficient (Wildman–Crippen LogP) is 3.12. The molecule has 2 aliphatic rings. The van der Waals surface area contributed by atoms with Gasteiger partial charge in [-0.3, -0.25) is 0 Å². The summed E-state index contributed by atoms with van der Waals surface area (Å²) >= 11 is 0. The fourth-order valence-electron chi connectivity index (χ4n) is 2.97. The zero-order chi connectivity index (χ0) is 15.5. The normalized spacial score (nSPS) is 15.0. The van der Waals surface area contributed by atoms with Gasteiger partial charge in [-0.05, 0) is 18.6 Å². The van der Waals surface area contributed by atoms with E-state index in [4.69, 9.17) is 14.2 Å². The van der Waals surface area contributed by atoms with Crippen LogP contribution in [0.5, 0.6) is 17.2 Å². The van der Waals surface area contributed by atoms with Crippen LogP contribution >= 0.6 is 0 Å². The van der Waals surface area contributed by atoms with Gasteiger partial charge in [-0.2, -0.15) is 0 Å². The molecule has 0 spiro atoms. The highest BCUT2D eigenvalue weighted by molar-refractivity contribution is 5.77. The van der Waals surface area contributed by atoms with Gasteiger partial charge in [-0.25, -0.2) is 0 Å². The zero-order valence-electron chi connectivity index (χ0n) is 13.0. The van der Waals surface area contributed by atoms with Crippen molar-refractivity contribution in [3.8, 4) is 17.2 Å². The lowest BCUT2D eigenvalue weighted by atomic mass is 10.1. The lowest BCUT2D eigenvalue weighted by Gasteiger charge is -2.32. The molecule has 2 aromatic carbocycles. The van der Waals surface area contributed by atoms with Crippen molar-refractivity contribution < 1.29 is 14.2 Å². The van der Waals surface area contributed by atoms with E-state index in [0.717, 1.165) is 49.0 Å². The Bertz CT molecular complexity index is 675. The minimum atomic E-state index is 0.309. The van der Waals surface area contributed by atoms with E-state index >= 15 is 0 Å². The lowest BCUT2D eigenvalue weighted by Crippen LogP contribution is -2.35. The maximum absolute atomic E-state index is 5.77. The Balaban J connectivity index is 1.37. The smallest absolute Gasteiger partial charge is 0.231 e. The van der Waals surface area contributed by atoms with Crippen LogP contribution in [0.2, 0.25) is 0 Å². The number of fused-ring (bicyclic) bond motifs is 2. The fraction of sp³-hybridized carbons (Fsp3) is 0.333. The number of hydrogen-bond donors (Lipinski definition) is 1. The van der Waals surface area contributed by atoms with Crippen LogP contribution in [0.3, 0.4) is 0 Å². The average Bonchev–Trinajstić information content (AvgIpc) is 3.05. The summed E-state index contributed by atoms with van der Waals surface area (Å²) in [4.78, 5) is 2.38. The first-order valence-electron chi connectivity index (χ1n) is 8.00. The molecule has 23 heavy (non-hydrogen) atoms. The summed E-state index contributed by atoms with van der Waals surface area (Å²) in [5.41, 5.74) is 2.30. The second-order valence-corrected chi connectivity index (χ2v) is 5.65. The van der Waals surface area contributed by atoms with Crippen molar-refractivity contribution in [3.05, 3.63) is 42.5 Å². The van der Waals surface area contributed by atoms with Crippen LogP contribution in [0, 0.1) is 0 Å². The molecule has 0 saturated heterocycles. The van der Waals surface area contributed by atoms with Gasteiger partial charge in [0.1, 0.15) is 5.75 Å². The number of benzene rings is 2. The van der Waals surface area contributed by atoms with E-state index in [2.05, 4.69) is 16.3 Å². The minimum absolute atomic E-state index is 0.309. The van der Waals surface area contributed by atoms with Gasteiger partial charge in [0.2, 0.25) is 6.79 Å². The zero-order valence-corrected chi connectivity index (χ0v) is 13.0. The van der Waals surface area contributed by atoms with Gasteiger partial charge in [0.25, 0.3) is 0 Å².